The molecule has 1 heterocycles. The van der Waals surface area contributed by atoms with Crippen molar-refractivity contribution in [2.75, 3.05) is 0 Å². The van der Waals surface area contributed by atoms with Gasteiger partial charge in [0.2, 0.25) is 0 Å². The van der Waals surface area contributed by atoms with Gasteiger partial charge in [0.25, 0.3) is 5.22 Å². The molecule has 0 saturated heterocycles. The summed E-state index contributed by atoms with van der Waals surface area (Å²) >= 11 is 1.17. The number of aromatic nitrogens is 1. The van der Waals surface area contributed by atoms with Crippen molar-refractivity contribution in [1.82, 2.24) is 4.98 Å². The van der Waals surface area contributed by atoms with Gasteiger partial charge in [-0.1, -0.05) is 12.1 Å². The number of fused-ring (bicyclic) bond motifs is 1. The van der Waals surface area contributed by atoms with Crippen LogP contribution >= 0.6 is 11.9 Å². The highest BCUT2D eigenvalue weighted by Gasteiger charge is 2.13. The molecule has 0 fully saturated rings. The van der Waals surface area contributed by atoms with Crippen molar-refractivity contribution in [3.8, 4) is 0 Å². The lowest BCUT2D eigenvalue weighted by Crippen LogP contribution is -2.09. The summed E-state index contributed by atoms with van der Waals surface area (Å²) in [6, 6.07) is 7.58. The van der Waals surface area contributed by atoms with Gasteiger partial charge in [-0.25, -0.2) is 9.38 Å². The highest BCUT2D eigenvalue weighted by molar-refractivity contribution is 7.98. The molecule has 0 radical (unpaired) electrons. The lowest BCUT2D eigenvalue weighted by Gasteiger charge is -2.08. The Bertz CT molecular complexity index is 751. The van der Waals surface area contributed by atoms with Crippen LogP contribution in [0.2, 0.25) is 0 Å². The van der Waals surface area contributed by atoms with Gasteiger partial charge in [-0.05, 0) is 49.3 Å². The number of nitrogens with zero attached hydrogens (tertiary/aromatic N) is 2. The van der Waals surface area contributed by atoms with E-state index >= 15 is 0 Å². The van der Waals surface area contributed by atoms with Crippen LogP contribution in [0.25, 0.3) is 11.1 Å². The molecule has 1 aliphatic rings. The van der Waals surface area contributed by atoms with Crippen LogP contribution in [0.15, 0.2) is 61.6 Å². The zero-order chi connectivity index (χ0) is 14.1. The first-order valence-electron chi connectivity index (χ1n) is 6.15. The van der Waals surface area contributed by atoms with Gasteiger partial charge in [0.15, 0.2) is 11.4 Å². The zero-order valence-electron chi connectivity index (χ0n) is 11.1. The summed E-state index contributed by atoms with van der Waals surface area (Å²) in [7, 11) is 0. The molecule has 2 aromatic rings. The van der Waals surface area contributed by atoms with E-state index < -0.39 is 0 Å². The highest BCUT2D eigenvalue weighted by atomic mass is 32.2. The lowest BCUT2D eigenvalue weighted by atomic mass is 9.99. The van der Waals surface area contributed by atoms with Crippen LogP contribution in [0.1, 0.15) is 13.8 Å². The van der Waals surface area contributed by atoms with Crippen LogP contribution in [-0.4, -0.2) is 16.5 Å². The minimum Gasteiger partial charge on any atom is -0.430 e. The zero-order valence-corrected chi connectivity index (χ0v) is 11.9. The molecule has 0 saturated carbocycles. The van der Waals surface area contributed by atoms with E-state index in [0.29, 0.717) is 10.8 Å². The summed E-state index contributed by atoms with van der Waals surface area (Å²) in [6.45, 7) is 3.65. The fourth-order valence-electron chi connectivity index (χ4n) is 1.85. The Morgan fingerprint density at radius 1 is 1.15 bits per heavy atom. The maximum Gasteiger partial charge on any atom is 0.279 e. The molecular formula is C15H12N2O2S. The average Bonchev–Trinajstić information content (AvgIpc) is 2.84. The summed E-state index contributed by atoms with van der Waals surface area (Å²) in [5.41, 5.74) is 3.87. The minimum absolute atomic E-state index is 0.0355. The maximum atomic E-state index is 11.5. The fourth-order valence-corrected chi connectivity index (χ4v) is 2.49. The normalized spacial score (nSPS) is 17.5. The molecule has 0 N–H and O–H groups in total. The van der Waals surface area contributed by atoms with Gasteiger partial charge >= 0.3 is 0 Å². The molecule has 1 aromatic heterocycles. The molecular weight excluding hydrogens is 272 g/mol. The van der Waals surface area contributed by atoms with E-state index in [-0.39, 0.29) is 5.78 Å². The van der Waals surface area contributed by atoms with Crippen LogP contribution < -0.4 is 0 Å². The molecule has 0 aliphatic heterocycles. The number of carbonyl (C=O) groups excluding carboxylic acids is 1. The number of hydrogen-bond acceptors (Lipinski definition) is 5. The van der Waals surface area contributed by atoms with Crippen LogP contribution in [-0.2, 0) is 4.79 Å². The highest BCUT2D eigenvalue weighted by Crippen LogP contribution is 2.25. The van der Waals surface area contributed by atoms with Crippen molar-refractivity contribution in [1.29, 1.82) is 0 Å². The molecule has 0 bridgehead atoms. The van der Waals surface area contributed by atoms with Gasteiger partial charge in [-0.2, -0.15) is 0 Å². The second-order valence-corrected chi connectivity index (χ2v) is 5.25. The van der Waals surface area contributed by atoms with E-state index in [0.717, 1.165) is 22.4 Å². The largest absolute Gasteiger partial charge is 0.430 e. The third kappa shape index (κ3) is 2.44. The first kappa shape index (κ1) is 12.9. The fraction of sp³-hybridized carbons (Fsp3) is 0.133. The van der Waals surface area contributed by atoms with Gasteiger partial charge in [-0.3, -0.25) is 4.79 Å². The topological polar surface area (TPSA) is 55.5 Å². The maximum absolute atomic E-state index is 11.5. The Morgan fingerprint density at radius 2 is 1.95 bits per heavy atom. The first-order valence-corrected chi connectivity index (χ1v) is 6.93. The summed E-state index contributed by atoms with van der Waals surface area (Å²) in [5, 5.41) is 0.495. The number of hydrogen-bond donors (Lipinski definition) is 0. The predicted octanol–water partition coefficient (Wildman–Crippen LogP) is 3.75. The third-order valence-electron chi connectivity index (χ3n) is 2.99. The molecule has 0 atom stereocenters. The van der Waals surface area contributed by atoms with E-state index in [1.165, 1.54) is 11.9 Å². The van der Waals surface area contributed by atoms with E-state index in [2.05, 4.69) is 9.38 Å². The molecule has 3 rings (SSSR count). The number of allylic oxidation sites excluding steroid dienone is 4. The van der Waals surface area contributed by atoms with Crippen molar-refractivity contribution in [3.63, 3.8) is 0 Å². The molecule has 1 aromatic carbocycles. The molecule has 0 amide bonds. The van der Waals surface area contributed by atoms with Gasteiger partial charge in [0.1, 0.15) is 5.52 Å². The van der Waals surface area contributed by atoms with Crippen molar-refractivity contribution >= 4 is 34.5 Å². The van der Waals surface area contributed by atoms with Crippen molar-refractivity contribution < 1.29 is 9.21 Å². The Balaban J connectivity index is 1.86. The summed E-state index contributed by atoms with van der Waals surface area (Å²) in [6.07, 6.45) is 3.38. The summed E-state index contributed by atoms with van der Waals surface area (Å²) in [5.74, 6) is 0.0355. The lowest BCUT2D eigenvalue weighted by molar-refractivity contribution is -0.111. The molecule has 100 valence electrons. The Morgan fingerprint density at radius 3 is 2.75 bits per heavy atom. The second-order valence-electron chi connectivity index (χ2n) is 4.53. The summed E-state index contributed by atoms with van der Waals surface area (Å²) < 4.78 is 9.97. The van der Waals surface area contributed by atoms with E-state index in [1.54, 1.807) is 19.1 Å². The Kier molecular flexibility index (Phi) is 3.28. The number of oxazole rings is 1. The molecule has 0 spiro atoms. The molecule has 5 heteroatoms. The monoisotopic (exact) mass is 284 g/mol. The first-order chi connectivity index (χ1) is 9.63. The van der Waals surface area contributed by atoms with Crippen molar-refractivity contribution in [3.05, 3.63) is 47.6 Å². The van der Waals surface area contributed by atoms with Crippen LogP contribution in [0.5, 0.6) is 0 Å². The average molecular weight is 284 g/mol. The second kappa shape index (κ2) is 5.09. The van der Waals surface area contributed by atoms with E-state index in [4.69, 9.17) is 4.42 Å². The Hall–Kier alpha value is -2.14. The quantitative estimate of drug-likeness (QED) is 0.622. The standard InChI is InChI=1S/C15H12N2O2S/c1-9-8-13(18)10(2)7-12(9)17-20-15-16-11-5-3-4-6-14(11)19-15/h3-8H,1-2H3. The van der Waals surface area contributed by atoms with Gasteiger partial charge in [-0.15, -0.1) is 0 Å². The number of ketones is 1. The predicted molar refractivity (Wildman–Crippen MR) is 79.8 cm³/mol. The Labute approximate surface area is 120 Å². The van der Waals surface area contributed by atoms with Crippen molar-refractivity contribution in [2.24, 2.45) is 4.40 Å². The SMILES string of the molecule is CC1=CC(=NSc2nc3ccccc3o2)C(C)=CC1=O. The molecule has 20 heavy (non-hydrogen) atoms. The van der Waals surface area contributed by atoms with Gasteiger partial charge < -0.3 is 4.42 Å². The van der Waals surface area contributed by atoms with E-state index in [1.807, 2.05) is 31.2 Å². The molecule has 4 nitrogen and oxygen atoms in total. The number of rotatable bonds is 2. The molecule has 1 aliphatic carbocycles. The minimum atomic E-state index is 0.0355. The molecule has 0 unspecified atom stereocenters. The van der Waals surface area contributed by atoms with Gasteiger partial charge in [0.05, 0.1) is 17.7 Å². The van der Waals surface area contributed by atoms with Crippen LogP contribution in [0, 0.1) is 0 Å². The van der Waals surface area contributed by atoms with Gasteiger partial charge in [0, 0.05) is 0 Å². The van der Waals surface area contributed by atoms with Crippen LogP contribution in [0.3, 0.4) is 0 Å². The summed E-state index contributed by atoms with van der Waals surface area (Å²) in [4.78, 5) is 15.8. The van der Waals surface area contributed by atoms with Crippen LogP contribution in [0.4, 0.5) is 0 Å². The number of para-hydroxylation sites is 2. The van der Waals surface area contributed by atoms with Crippen molar-refractivity contribution in [2.45, 2.75) is 19.1 Å². The smallest absolute Gasteiger partial charge is 0.279 e. The number of benzene rings is 1. The third-order valence-corrected chi connectivity index (χ3v) is 3.61. The van der Waals surface area contributed by atoms with E-state index in [9.17, 15) is 4.79 Å². The number of carbonyl (C=O) groups is 1.